The maximum absolute atomic E-state index is 12.9. The molecule has 96 valence electrons. The number of hydrogen-bond donors (Lipinski definition) is 0. The monoisotopic (exact) mass is 266 g/mol. The molecule has 0 unspecified atom stereocenters. The van der Waals surface area contributed by atoms with Gasteiger partial charge in [-0.1, -0.05) is 0 Å². The molecule has 1 aliphatic heterocycles. The van der Waals surface area contributed by atoms with Crippen LogP contribution < -0.4 is 0 Å². The van der Waals surface area contributed by atoms with E-state index in [0.29, 0.717) is 15.9 Å². The van der Waals surface area contributed by atoms with Gasteiger partial charge in [-0.2, -0.15) is 10.0 Å². The molecule has 0 atom stereocenters. The minimum Gasteiger partial charge on any atom is -0.618 e. The highest BCUT2D eigenvalue weighted by Gasteiger charge is 2.36. The van der Waals surface area contributed by atoms with Gasteiger partial charge in [0.25, 0.3) is 11.5 Å². The van der Waals surface area contributed by atoms with Crippen LogP contribution in [0.2, 0.25) is 0 Å². The molecule has 0 N–H and O–H groups in total. The van der Waals surface area contributed by atoms with Crippen molar-refractivity contribution >= 4 is 17.2 Å². The number of halogens is 1. The molecule has 2 aromatic carbocycles. The van der Waals surface area contributed by atoms with Crippen LogP contribution in [0.3, 0.4) is 0 Å². The summed E-state index contributed by atoms with van der Waals surface area (Å²) in [6.45, 7) is 0. The summed E-state index contributed by atoms with van der Waals surface area (Å²) in [4.78, 5) is 12.3. The van der Waals surface area contributed by atoms with Crippen LogP contribution in [0.1, 0.15) is 21.5 Å². The Kier molecular flexibility index (Phi) is 2.58. The minimum atomic E-state index is -0.460. The topological polar surface area (TPSA) is 66.9 Å². The summed E-state index contributed by atoms with van der Waals surface area (Å²) in [7, 11) is 0. The predicted molar refractivity (Wildman–Crippen MR) is 69.3 cm³/mol. The number of hydrogen-bond acceptors (Lipinski definition) is 3. The third-order valence-corrected chi connectivity index (χ3v) is 3.12. The van der Waals surface area contributed by atoms with Gasteiger partial charge in [-0.3, -0.25) is 4.79 Å². The fourth-order valence-corrected chi connectivity index (χ4v) is 2.16. The Bertz CT molecular complexity index is 802. The molecule has 0 aromatic heterocycles. The van der Waals surface area contributed by atoms with Crippen LogP contribution in [0.25, 0.3) is 0 Å². The lowest BCUT2D eigenvalue weighted by atomic mass is 10.0. The van der Waals surface area contributed by atoms with Gasteiger partial charge < -0.3 is 5.21 Å². The third kappa shape index (κ3) is 1.67. The molecule has 0 saturated carbocycles. The SMILES string of the molecule is N#Cc1ccc2c(c1)C(=O)C(c1ccc(F)cc1)=[N+]2[O-]. The van der Waals surface area contributed by atoms with Crippen LogP contribution >= 0.6 is 0 Å². The Labute approximate surface area is 113 Å². The Morgan fingerprint density at radius 1 is 1.15 bits per heavy atom. The van der Waals surface area contributed by atoms with Crippen LogP contribution in [0, 0.1) is 22.4 Å². The number of carbonyl (C=O) groups excluding carboxylic acids is 1. The predicted octanol–water partition coefficient (Wildman–Crippen LogP) is 2.52. The lowest BCUT2D eigenvalue weighted by Crippen LogP contribution is -2.16. The van der Waals surface area contributed by atoms with E-state index in [9.17, 15) is 14.4 Å². The second-order valence-electron chi connectivity index (χ2n) is 4.32. The van der Waals surface area contributed by atoms with Gasteiger partial charge in [0.1, 0.15) is 11.4 Å². The summed E-state index contributed by atoms with van der Waals surface area (Å²) in [5.41, 5.74) is 0.994. The average molecular weight is 266 g/mol. The van der Waals surface area contributed by atoms with E-state index in [-0.39, 0.29) is 17.0 Å². The van der Waals surface area contributed by atoms with Gasteiger partial charge in [0.15, 0.2) is 0 Å². The van der Waals surface area contributed by atoms with Crippen molar-refractivity contribution in [2.45, 2.75) is 0 Å². The first kappa shape index (κ1) is 12.1. The lowest BCUT2D eigenvalue weighted by molar-refractivity contribution is -0.355. The summed E-state index contributed by atoms with van der Waals surface area (Å²) in [5.74, 6) is -0.903. The van der Waals surface area contributed by atoms with Gasteiger partial charge in [-0.15, -0.1) is 0 Å². The Morgan fingerprint density at radius 2 is 1.85 bits per heavy atom. The first-order valence-corrected chi connectivity index (χ1v) is 5.81. The molecule has 4 nitrogen and oxygen atoms in total. The molecule has 1 heterocycles. The fraction of sp³-hybridized carbons (Fsp3) is 0. The van der Waals surface area contributed by atoms with Gasteiger partial charge in [-0.25, -0.2) is 4.39 Å². The highest BCUT2D eigenvalue weighted by atomic mass is 19.1. The van der Waals surface area contributed by atoms with Crippen molar-refractivity contribution in [2.75, 3.05) is 0 Å². The van der Waals surface area contributed by atoms with Crippen LogP contribution in [0.4, 0.5) is 10.1 Å². The Balaban J connectivity index is 2.16. The molecule has 0 radical (unpaired) electrons. The van der Waals surface area contributed by atoms with E-state index >= 15 is 0 Å². The zero-order valence-corrected chi connectivity index (χ0v) is 10.1. The minimum absolute atomic E-state index is 0.0601. The van der Waals surface area contributed by atoms with Gasteiger partial charge in [0.05, 0.1) is 17.2 Å². The summed E-state index contributed by atoms with van der Waals surface area (Å²) in [6, 6.07) is 11.4. The first-order valence-electron chi connectivity index (χ1n) is 5.81. The highest BCUT2D eigenvalue weighted by molar-refractivity contribution is 6.52. The molecule has 2 aromatic rings. The van der Waals surface area contributed by atoms with E-state index in [4.69, 9.17) is 5.26 Å². The lowest BCUT2D eigenvalue weighted by Gasteiger charge is -2.01. The normalized spacial score (nSPS) is 13.3. The molecular formula is C15H7FN2O2. The second kappa shape index (κ2) is 4.28. The van der Waals surface area contributed by atoms with Crippen LogP contribution in [-0.2, 0) is 0 Å². The van der Waals surface area contributed by atoms with E-state index in [1.807, 2.05) is 6.07 Å². The average Bonchev–Trinajstić information content (AvgIpc) is 2.72. The zero-order chi connectivity index (χ0) is 14.3. The smallest absolute Gasteiger partial charge is 0.272 e. The molecule has 0 amide bonds. The summed E-state index contributed by atoms with van der Waals surface area (Å²) >= 11 is 0. The number of nitrogens with zero attached hydrogens (tertiary/aromatic N) is 2. The summed E-state index contributed by atoms with van der Waals surface area (Å²) in [6.07, 6.45) is 0. The van der Waals surface area contributed by atoms with E-state index in [1.54, 1.807) is 0 Å². The zero-order valence-electron chi connectivity index (χ0n) is 10.1. The number of carbonyl (C=O) groups is 1. The number of fused-ring (bicyclic) bond motifs is 1. The molecular weight excluding hydrogens is 259 g/mol. The van der Waals surface area contributed by atoms with E-state index in [1.165, 1.54) is 42.5 Å². The van der Waals surface area contributed by atoms with Crippen molar-refractivity contribution in [3.63, 3.8) is 0 Å². The number of rotatable bonds is 1. The van der Waals surface area contributed by atoms with Crippen molar-refractivity contribution in [1.82, 2.24) is 0 Å². The number of nitriles is 1. The van der Waals surface area contributed by atoms with Crippen molar-refractivity contribution in [3.8, 4) is 6.07 Å². The first-order chi connectivity index (χ1) is 9.61. The van der Waals surface area contributed by atoms with E-state index in [0.717, 1.165) is 0 Å². The van der Waals surface area contributed by atoms with Crippen LogP contribution in [-0.4, -0.2) is 16.2 Å². The standard InChI is InChI=1S/C15H7FN2O2/c16-11-4-2-10(3-5-11)14-15(19)12-7-9(8-17)1-6-13(12)18(14)20/h1-7H. The highest BCUT2D eigenvalue weighted by Crippen LogP contribution is 2.28. The van der Waals surface area contributed by atoms with E-state index in [2.05, 4.69) is 0 Å². The molecule has 0 saturated heterocycles. The fourth-order valence-electron chi connectivity index (χ4n) is 2.16. The molecule has 1 aliphatic rings. The quantitative estimate of drug-likeness (QED) is 0.588. The van der Waals surface area contributed by atoms with Crippen LogP contribution in [0.15, 0.2) is 42.5 Å². The van der Waals surface area contributed by atoms with Gasteiger partial charge >= 0.3 is 0 Å². The van der Waals surface area contributed by atoms with Crippen molar-refractivity contribution in [2.24, 2.45) is 0 Å². The van der Waals surface area contributed by atoms with Crippen LogP contribution in [0.5, 0.6) is 0 Å². The maximum Gasteiger partial charge on any atom is 0.272 e. The maximum atomic E-state index is 12.9. The van der Waals surface area contributed by atoms with E-state index < -0.39 is 11.6 Å². The molecule has 3 rings (SSSR count). The molecule has 20 heavy (non-hydrogen) atoms. The molecule has 5 heteroatoms. The van der Waals surface area contributed by atoms with Crippen molar-refractivity contribution < 1.29 is 13.9 Å². The third-order valence-electron chi connectivity index (χ3n) is 3.12. The Morgan fingerprint density at radius 3 is 2.50 bits per heavy atom. The molecule has 0 bridgehead atoms. The molecule has 0 spiro atoms. The van der Waals surface area contributed by atoms with Crippen molar-refractivity contribution in [1.29, 1.82) is 5.26 Å². The largest absolute Gasteiger partial charge is 0.618 e. The number of ketones is 1. The summed E-state index contributed by atoms with van der Waals surface area (Å²) < 4.78 is 13.4. The van der Waals surface area contributed by atoms with Gasteiger partial charge in [0.2, 0.25) is 5.69 Å². The molecule has 0 aliphatic carbocycles. The number of Topliss-reactive ketones (excluding diaryl/α,β-unsaturated/α-hetero) is 1. The van der Waals surface area contributed by atoms with Crippen molar-refractivity contribution in [3.05, 3.63) is 70.2 Å². The Hall–Kier alpha value is -3.00. The number of benzene rings is 2. The molecule has 0 fully saturated rings. The van der Waals surface area contributed by atoms with Gasteiger partial charge in [0, 0.05) is 6.07 Å². The summed E-state index contributed by atoms with van der Waals surface area (Å²) in [5, 5.41) is 21.0. The second-order valence-corrected chi connectivity index (χ2v) is 4.32. The van der Waals surface area contributed by atoms with Gasteiger partial charge in [-0.05, 0) is 36.4 Å².